The lowest BCUT2D eigenvalue weighted by atomic mass is 10.1. The molecule has 0 aliphatic carbocycles. The van der Waals surface area contributed by atoms with Gasteiger partial charge >= 0.3 is 12.2 Å². The third kappa shape index (κ3) is 6.60. The molecule has 0 unspecified atom stereocenters. The smallest absolute Gasteiger partial charge is 0.410 e. The number of carbonyl (C=O) groups is 3. The molecule has 172 valence electrons. The number of benzene rings is 1. The molecule has 1 aliphatic heterocycles. The molecule has 2 rings (SSSR count). The van der Waals surface area contributed by atoms with Gasteiger partial charge in [0.15, 0.2) is 0 Å². The SMILES string of the molecule is CCN(CC)C(=O)[C@H]1CN(C(=O)OC(C)(C)C)[C@H](C)CN1C(=O)OCc1ccccc1. The second-order valence-corrected chi connectivity index (χ2v) is 8.70. The van der Waals surface area contributed by atoms with Gasteiger partial charge in [0.2, 0.25) is 5.91 Å². The Balaban J connectivity index is 2.21. The highest BCUT2D eigenvalue weighted by atomic mass is 16.6. The zero-order chi connectivity index (χ0) is 23.2. The fraction of sp³-hybridized carbons (Fsp3) is 0.609. The van der Waals surface area contributed by atoms with Crippen LogP contribution >= 0.6 is 0 Å². The normalized spacial score (nSPS) is 19.0. The van der Waals surface area contributed by atoms with Crippen molar-refractivity contribution < 1.29 is 23.9 Å². The van der Waals surface area contributed by atoms with Crippen molar-refractivity contribution in [3.63, 3.8) is 0 Å². The lowest BCUT2D eigenvalue weighted by Crippen LogP contribution is -2.65. The Morgan fingerprint density at radius 1 is 1.00 bits per heavy atom. The number of hydrogen-bond donors (Lipinski definition) is 0. The first-order valence-electron chi connectivity index (χ1n) is 10.8. The Morgan fingerprint density at radius 2 is 1.61 bits per heavy atom. The van der Waals surface area contributed by atoms with Gasteiger partial charge in [0.25, 0.3) is 0 Å². The maximum absolute atomic E-state index is 13.2. The van der Waals surface area contributed by atoms with Crippen molar-refractivity contribution in [3.8, 4) is 0 Å². The van der Waals surface area contributed by atoms with Crippen LogP contribution in [-0.2, 0) is 20.9 Å². The summed E-state index contributed by atoms with van der Waals surface area (Å²) >= 11 is 0. The molecule has 2 atom stereocenters. The Morgan fingerprint density at radius 3 is 2.16 bits per heavy atom. The highest BCUT2D eigenvalue weighted by molar-refractivity contribution is 5.87. The number of piperazine rings is 1. The molecule has 0 spiro atoms. The average Bonchev–Trinajstić information content (AvgIpc) is 2.72. The monoisotopic (exact) mass is 433 g/mol. The minimum absolute atomic E-state index is 0.0614. The number of ether oxygens (including phenoxy) is 2. The van der Waals surface area contributed by atoms with Crippen LogP contribution in [0.15, 0.2) is 30.3 Å². The maximum atomic E-state index is 13.2. The van der Waals surface area contributed by atoms with Gasteiger partial charge in [0, 0.05) is 19.6 Å². The van der Waals surface area contributed by atoms with Gasteiger partial charge in [-0.05, 0) is 47.1 Å². The standard InChI is InChI=1S/C23H35N3O5/c1-7-24(8-2)20(27)19-15-25(22(29)31-23(4,5)6)17(3)14-26(19)21(28)30-16-18-12-10-9-11-13-18/h9-13,17,19H,7-8,14-16H2,1-6H3/t17-,19-/m1/s1. The summed E-state index contributed by atoms with van der Waals surface area (Å²) in [5.74, 6) is -0.206. The Labute approximate surface area is 185 Å². The van der Waals surface area contributed by atoms with Crippen molar-refractivity contribution in [1.82, 2.24) is 14.7 Å². The number of amides is 3. The van der Waals surface area contributed by atoms with Gasteiger partial charge in [-0.25, -0.2) is 9.59 Å². The molecular formula is C23H35N3O5. The van der Waals surface area contributed by atoms with Crippen molar-refractivity contribution in [3.05, 3.63) is 35.9 Å². The number of carbonyl (C=O) groups excluding carboxylic acids is 3. The van der Waals surface area contributed by atoms with E-state index in [0.29, 0.717) is 13.1 Å². The second-order valence-electron chi connectivity index (χ2n) is 8.70. The van der Waals surface area contributed by atoms with E-state index in [1.54, 1.807) is 25.7 Å². The van der Waals surface area contributed by atoms with Gasteiger partial charge in [-0.3, -0.25) is 9.69 Å². The minimum atomic E-state index is -0.827. The molecule has 3 amide bonds. The van der Waals surface area contributed by atoms with Crippen molar-refractivity contribution in [2.24, 2.45) is 0 Å². The first-order valence-corrected chi connectivity index (χ1v) is 10.8. The van der Waals surface area contributed by atoms with Crippen LogP contribution in [0.25, 0.3) is 0 Å². The lowest BCUT2D eigenvalue weighted by Gasteiger charge is -2.44. The van der Waals surface area contributed by atoms with E-state index in [4.69, 9.17) is 9.47 Å². The summed E-state index contributed by atoms with van der Waals surface area (Å²) in [5, 5.41) is 0. The van der Waals surface area contributed by atoms with E-state index >= 15 is 0 Å². The molecule has 0 aromatic heterocycles. The van der Waals surface area contributed by atoms with Crippen LogP contribution in [0.3, 0.4) is 0 Å². The summed E-state index contributed by atoms with van der Waals surface area (Å²) in [6, 6.07) is 8.23. The Kier molecular flexibility index (Phi) is 8.30. The Hall–Kier alpha value is -2.77. The van der Waals surface area contributed by atoms with Crippen molar-refractivity contribution in [2.75, 3.05) is 26.2 Å². The molecule has 8 heteroatoms. The minimum Gasteiger partial charge on any atom is -0.445 e. The number of hydrogen-bond acceptors (Lipinski definition) is 5. The van der Waals surface area contributed by atoms with Gasteiger partial charge < -0.3 is 19.3 Å². The highest BCUT2D eigenvalue weighted by Gasteiger charge is 2.43. The molecule has 1 fully saturated rings. The van der Waals surface area contributed by atoms with Gasteiger partial charge in [-0.1, -0.05) is 30.3 Å². The van der Waals surface area contributed by atoms with Crippen LogP contribution in [0, 0.1) is 0 Å². The summed E-state index contributed by atoms with van der Waals surface area (Å²) in [4.78, 5) is 43.5. The van der Waals surface area contributed by atoms with Crippen LogP contribution in [0.1, 0.15) is 47.1 Å². The molecule has 0 radical (unpaired) electrons. The fourth-order valence-electron chi connectivity index (χ4n) is 3.51. The molecule has 1 aliphatic rings. The van der Waals surface area contributed by atoms with Gasteiger partial charge in [-0.2, -0.15) is 0 Å². The van der Waals surface area contributed by atoms with Crippen LogP contribution < -0.4 is 0 Å². The predicted molar refractivity (Wildman–Crippen MR) is 117 cm³/mol. The molecule has 1 aromatic carbocycles. The molecule has 0 saturated carbocycles. The molecule has 0 N–H and O–H groups in total. The molecule has 1 saturated heterocycles. The van der Waals surface area contributed by atoms with Gasteiger partial charge in [0.05, 0.1) is 12.6 Å². The summed E-state index contributed by atoms with van der Waals surface area (Å²) in [6.45, 7) is 12.4. The molecule has 1 heterocycles. The van der Waals surface area contributed by atoms with Gasteiger partial charge in [0.1, 0.15) is 18.2 Å². The molecule has 8 nitrogen and oxygen atoms in total. The van der Waals surface area contributed by atoms with E-state index in [-0.39, 0.29) is 31.6 Å². The fourth-order valence-corrected chi connectivity index (χ4v) is 3.51. The predicted octanol–water partition coefficient (Wildman–Crippen LogP) is 3.50. The maximum Gasteiger partial charge on any atom is 0.410 e. The third-order valence-corrected chi connectivity index (χ3v) is 5.17. The first kappa shape index (κ1) is 24.5. The summed E-state index contributed by atoms with van der Waals surface area (Å²) in [6.07, 6.45) is -1.06. The van der Waals surface area contributed by atoms with E-state index in [1.807, 2.05) is 51.1 Å². The van der Waals surface area contributed by atoms with E-state index in [9.17, 15) is 14.4 Å². The molecule has 1 aromatic rings. The summed E-state index contributed by atoms with van der Waals surface area (Å²) in [5.41, 5.74) is 0.212. The first-order chi connectivity index (χ1) is 14.6. The second kappa shape index (κ2) is 10.5. The van der Waals surface area contributed by atoms with Crippen molar-refractivity contribution in [2.45, 2.75) is 65.8 Å². The zero-order valence-corrected chi connectivity index (χ0v) is 19.5. The summed E-state index contributed by atoms with van der Waals surface area (Å²) in [7, 11) is 0. The Bertz CT molecular complexity index is 758. The van der Waals surface area contributed by atoms with Gasteiger partial charge in [-0.15, -0.1) is 0 Å². The van der Waals surface area contributed by atoms with E-state index in [0.717, 1.165) is 5.56 Å². The zero-order valence-electron chi connectivity index (χ0n) is 19.5. The largest absolute Gasteiger partial charge is 0.445 e. The third-order valence-electron chi connectivity index (χ3n) is 5.17. The quantitative estimate of drug-likeness (QED) is 0.710. The van der Waals surface area contributed by atoms with Crippen molar-refractivity contribution >= 4 is 18.1 Å². The van der Waals surface area contributed by atoms with Crippen LogP contribution in [-0.4, -0.2) is 76.7 Å². The summed E-state index contributed by atoms with van der Waals surface area (Å²) < 4.78 is 11.0. The van der Waals surface area contributed by atoms with E-state index < -0.39 is 23.8 Å². The topological polar surface area (TPSA) is 79.4 Å². The lowest BCUT2D eigenvalue weighted by molar-refractivity contribution is -0.139. The van der Waals surface area contributed by atoms with Crippen molar-refractivity contribution in [1.29, 1.82) is 0 Å². The van der Waals surface area contributed by atoms with E-state index in [1.165, 1.54) is 9.80 Å². The highest BCUT2D eigenvalue weighted by Crippen LogP contribution is 2.22. The molecule has 31 heavy (non-hydrogen) atoms. The number of likely N-dealkylation sites (N-methyl/N-ethyl adjacent to an activating group) is 1. The number of nitrogens with zero attached hydrogens (tertiary/aromatic N) is 3. The number of rotatable bonds is 5. The van der Waals surface area contributed by atoms with Crippen LogP contribution in [0.2, 0.25) is 0 Å². The van der Waals surface area contributed by atoms with Crippen LogP contribution in [0.5, 0.6) is 0 Å². The molecular weight excluding hydrogens is 398 g/mol. The molecule has 0 bridgehead atoms. The average molecular weight is 434 g/mol. The van der Waals surface area contributed by atoms with E-state index in [2.05, 4.69) is 0 Å². The van der Waals surface area contributed by atoms with Crippen LogP contribution in [0.4, 0.5) is 9.59 Å².